The van der Waals surface area contributed by atoms with Crippen LogP contribution in [0.1, 0.15) is 37.9 Å². The molecule has 0 saturated carbocycles. The molecule has 1 fully saturated rings. The summed E-state index contributed by atoms with van der Waals surface area (Å²) in [5.74, 6) is -0.437. The summed E-state index contributed by atoms with van der Waals surface area (Å²) in [5, 5.41) is 24.9. The fourth-order valence-corrected chi connectivity index (χ4v) is 5.01. The Bertz CT molecular complexity index is 1010. The van der Waals surface area contributed by atoms with Crippen LogP contribution in [0.3, 0.4) is 0 Å². The normalized spacial score (nSPS) is 17.3. The Morgan fingerprint density at radius 2 is 1.77 bits per heavy atom. The number of hydrogen-bond donors (Lipinski definition) is 2. The molecule has 1 heterocycles. The van der Waals surface area contributed by atoms with E-state index in [4.69, 9.17) is 0 Å². The predicted octanol–water partition coefficient (Wildman–Crippen LogP) is 3.44. The summed E-state index contributed by atoms with van der Waals surface area (Å²) in [6.07, 6.45) is 1.44. The molecule has 30 heavy (non-hydrogen) atoms. The van der Waals surface area contributed by atoms with Crippen molar-refractivity contribution in [1.29, 1.82) is 0 Å². The molecule has 2 atom stereocenters. The van der Waals surface area contributed by atoms with Crippen LogP contribution in [0, 0.1) is 15.9 Å². The van der Waals surface area contributed by atoms with E-state index in [-0.39, 0.29) is 10.6 Å². The van der Waals surface area contributed by atoms with Crippen LogP contribution in [0.15, 0.2) is 47.4 Å². The van der Waals surface area contributed by atoms with Crippen molar-refractivity contribution in [3.63, 3.8) is 0 Å². The van der Waals surface area contributed by atoms with Gasteiger partial charge in [0.1, 0.15) is 11.5 Å². The van der Waals surface area contributed by atoms with Crippen molar-refractivity contribution in [3.8, 4) is 0 Å². The second-order valence-electron chi connectivity index (χ2n) is 7.33. The quantitative estimate of drug-likeness (QED) is 0.507. The Morgan fingerprint density at radius 3 is 2.37 bits per heavy atom. The number of anilines is 1. The number of hydrogen-bond acceptors (Lipinski definition) is 6. The first kappa shape index (κ1) is 22.1. The number of halogens is 1. The number of rotatable bonds is 7. The second-order valence-corrected chi connectivity index (χ2v) is 9.27. The molecule has 1 saturated heterocycles. The fourth-order valence-electron chi connectivity index (χ4n) is 3.47. The van der Waals surface area contributed by atoms with Gasteiger partial charge in [-0.3, -0.25) is 10.1 Å². The van der Waals surface area contributed by atoms with Gasteiger partial charge in [0.05, 0.1) is 22.0 Å². The lowest BCUT2D eigenvalue weighted by atomic mass is 10.0. The minimum Gasteiger partial charge on any atom is -0.386 e. The third-order valence-corrected chi connectivity index (χ3v) is 7.08. The molecule has 3 rings (SSSR count). The third kappa shape index (κ3) is 4.77. The molecular weight excluding hydrogens is 413 g/mol. The first-order valence-electron chi connectivity index (χ1n) is 9.69. The average molecular weight is 437 g/mol. The number of nitrogens with zero attached hydrogens (tertiary/aromatic N) is 2. The highest BCUT2D eigenvalue weighted by Gasteiger charge is 2.29. The molecule has 10 heteroatoms. The van der Waals surface area contributed by atoms with Gasteiger partial charge < -0.3 is 10.4 Å². The molecule has 2 aromatic rings. The van der Waals surface area contributed by atoms with Crippen LogP contribution < -0.4 is 5.32 Å². The Labute approximate surface area is 174 Å². The summed E-state index contributed by atoms with van der Waals surface area (Å²) in [4.78, 5) is 10.8. The average Bonchev–Trinajstić information content (AvgIpc) is 2.74. The molecule has 0 amide bonds. The lowest BCUT2D eigenvalue weighted by Crippen LogP contribution is -2.35. The van der Waals surface area contributed by atoms with Crippen LogP contribution in [0.2, 0.25) is 0 Å². The molecule has 2 aromatic carbocycles. The summed E-state index contributed by atoms with van der Waals surface area (Å²) in [5.41, 5.74) is 0.140. The Kier molecular flexibility index (Phi) is 6.69. The van der Waals surface area contributed by atoms with Crippen LogP contribution in [-0.2, 0) is 10.0 Å². The summed E-state index contributed by atoms with van der Waals surface area (Å²) < 4.78 is 40.1. The van der Waals surface area contributed by atoms with Gasteiger partial charge in [-0.25, -0.2) is 12.8 Å². The summed E-state index contributed by atoms with van der Waals surface area (Å²) >= 11 is 0. The lowest BCUT2D eigenvalue weighted by molar-refractivity contribution is -0.384. The lowest BCUT2D eigenvalue weighted by Gasteiger charge is -2.26. The van der Waals surface area contributed by atoms with Crippen LogP contribution in [0.4, 0.5) is 15.8 Å². The maximum absolute atomic E-state index is 13.1. The smallest absolute Gasteiger partial charge is 0.293 e. The monoisotopic (exact) mass is 437 g/mol. The number of benzene rings is 2. The van der Waals surface area contributed by atoms with Crippen molar-refractivity contribution in [3.05, 3.63) is 64.0 Å². The Morgan fingerprint density at radius 1 is 1.13 bits per heavy atom. The van der Waals surface area contributed by atoms with E-state index < -0.39 is 38.6 Å². The van der Waals surface area contributed by atoms with Gasteiger partial charge in [-0.2, -0.15) is 4.31 Å². The van der Waals surface area contributed by atoms with Crippen molar-refractivity contribution >= 4 is 21.4 Å². The molecule has 2 N–H and O–H groups in total. The summed E-state index contributed by atoms with van der Waals surface area (Å²) in [7, 11) is -3.81. The van der Waals surface area contributed by atoms with Crippen molar-refractivity contribution in [2.75, 3.05) is 18.4 Å². The van der Waals surface area contributed by atoms with Gasteiger partial charge in [0.25, 0.3) is 5.69 Å². The number of piperidine rings is 1. The van der Waals surface area contributed by atoms with E-state index in [1.165, 1.54) is 40.7 Å². The minimum atomic E-state index is -3.81. The Balaban J connectivity index is 1.84. The highest BCUT2D eigenvalue weighted by atomic mass is 32.2. The van der Waals surface area contributed by atoms with E-state index in [0.29, 0.717) is 18.7 Å². The fraction of sp³-hybridized carbons (Fsp3) is 0.400. The van der Waals surface area contributed by atoms with Crippen molar-refractivity contribution in [2.45, 2.75) is 43.2 Å². The van der Waals surface area contributed by atoms with Crippen molar-refractivity contribution in [2.24, 2.45) is 0 Å². The van der Waals surface area contributed by atoms with Gasteiger partial charge in [0.15, 0.2) is 0 Å². The highest BCUT2D eigenvalue weighted by molar-refractivity contribution is 7.89. The number of nitro benzene ring substituents is 1. The van der Waals surface area contributed by atoms with E-state index in [2.05, 4.69) is 5.32 Å². The molecule has 0 aliphatic carbocycles. The van der Waals surface area contributed by atoms with Crippen LogP contribution in [-0.4, -0.2) is 41.9 Å². The van der Waals surface area contributed by atoms with E-state index in [1.807, 2.05) is 0 Å². The molecule has 0 radical (unpaired) electrons. The van der Waals surface area contributed by atoms with Gasteiger partial charge in [-0.05, 0) is 49.6 Å². The van der Waals surface area contributed by atoms with Crippen LogP contribution in [0.5, 0.6) is 0 Å². The zero-order valence-corrected chi connectivity index (χ0v) is 17.3. The molecular formula is C20H24FN3O5S. The van der Waals surface area contributed by atoms with Gasteiger partial charge in [-0.15, -0.1) is 0 Å². The molecule has 8 nitrogen and oxygen atoms in total. The number of aliphatic hydroxyl groups excluding tert-OH is 1. The van der Waals surface area contributed by atoms with Crippen molar-refractivity contribution < 1.29 is 22.8 Å². The van der Waals surface area contributed by atoms with Crippen molar-refractivity contribution in [1.82, 2.24) is 4.31 Å². The van der Waals surface area contributed by atoms with Gasteiger partial charge in [0.2, 0.25) is 10.0 Å². The standard InChI is InChI=1S/C20H24FN3O5S/c1-14(20(25)15-5-7-16(21)8-6-15)22-18-10-9-17(13-19(18)24(26)27)30(28,29)23-11-3-2-4-12-23/h5-10,13-14,20,22,25H,2-4,11-12H2,1H3. The minimum absolute atomic E-state index is 0.0891. The Hall–Kier alpha value is -2.56. The summed E-state index contributed by atoms with van der Waals surface area (Å²) in [6, 6.07) is 8.35. The van der Waals surface area contributed by atoms with Gasteiger partial charge in [-0.1, -0.05) is 18.6 Å². The summed E-state index contributed by atoms with van der Waals surface area (Å²) in [6.45, 7) is 2.42. The zero-order chi connectivity index (χ0) is 21.9. The van der Waals surface area contributed by atoms with Crippen LogP contribution in [0.25, 0.3) is 0 Å². The molecule has 0 spiro atoms. The molecule has 162 valence electrons. The zero-order valence-electron chi connectivity index (χ0n) is 16.5. The molecule has 0 aromatic heterocycles. The topological polar surface area (TPSA) is 113 Å². The number of sulfonamides is 1. The molecule has 2 unspecified atom stereocenters. The maximum Gasteiger partial charge on any atom is 0.293 e. The van der Waals surface area contributed by atoms with E-state index in [0.717, 1.165) is 25.3 Å². The highest BCUT2D eigenvalue weighted by Crippen LogP contribution is 2.32. The van der Waals surface area contributed by atoms with Gasteiger partial charge in [0, 0.05) is 19.2 Å². The number of aliphatic hydroxyl groups is 1. The SMILES string of the molecule is CC(Nc1ccc(S(=O)(=O)N2CCCCC2)cc1[N+](=O)[O-])C(O)c1ccc(F)cc1. The largest absolute Gasteiger partial charge is 0.386 e. The molecule has 1 aliphatic rings. The van der Waals surface area contributed by atoms with Crippen LogP contribution >= 0.6 is 0 Å². The maximum atomic E-state index is 13.1. The predicted molar refractivity (Wildman–Crippen MR) is 110 cm³/mol. The molecule has 0 bridgehead atoms. The number of nitrogens with one attached hydrogen (secondary N) is 1. The first-order valence-corrected chi connectivity index (χ1v) is 11.1. The second kappa shape index (κ2) is 9.07. The number of nitro groups is 1. The van der Waals surface area contributed by atoms with E-state index in [9.17, 15) is 28.0 Å². The third-order valence-electron chi connectivity index (χ3n) is 5.19. The van der Waals surface area contributed by atoms with E-state index in [1.54, 1.807) is 6.92 Å². The first-order chi connectivity index (χ1) is 14.2. The van der Waals surface area contributed by atoms with Gasteiger partial charge >= 0.3 is 0 Å². The molecule has 1 aliphatic heterocycles. The van der Waals surface area contributed by atoms with E-state index >= 15 is 0 Å².